The number of hydrogen-bond acceptors (Lipinski definition) is 9. The molecule has 16 heteroatoms. The monoisotopic (exact) mass is 926 g/mol. The molecule has 0 saturated carbocycles. The molecule has 1 aliphatic rings. The van der Waals surface area contributed by atoms with Crippen molar-refractivity contribution < 1.29 is 42.4 Å². The average molecular weight is 926 g/mol. The number of rotatable bonds is 19. The highest BCUT2D eigenvalue weighted by Crippen LogP contribution is 2.38. The number of likely N-dealkylation sites (N-methyl/N-ethyl adjacent to an activating group) is 1. The summed E-state index contributed by atoms with van der Waals surface area (Å²) >= 11 is 0. The Bertz CT molecular complexity index is 1480. The van der Waals surface area contributed by atoms with Crippen molar-refractivity contribution in [2.24, 2.45) is 11.8 Å². The molecule has 366 valence electrons. The lowest BCUT2D eigenvalue weighted by atomic mass is 9.94. The van der Waals surface area contributed by atoms with Gasteiger partial charge in [-0.05, 0) is 74.8 Å². The van der Waals surface area contributed by atoms with Gasteiger partial charge in [0.15, 0.2) is 16.6 Å². The molecule has 1 fully saturated rings. The van der Waals surface area contributed by atoms with Crippen LogP contribution in [0.25, 0.3) is 0 Å². The first-order valence-electron chi connectivity index (χ1n) is 24.0. The first kappa shape index (κ1) is 58.2. The number of nitrogens with zero attached hydrogens (tertiary/aromatic N) is 1. The molecule has 1 saturated heterocycles. The van der Waals surface area contributed by atoms with E-state index in [1.165, 1.54) is 24.2 Å². The number of nitrogens with one attached hydrogen (secondary N) is 4. The molecule has 0 aromatic heterocycles. The van der Waals surface area contributed by atoms with Gasteiger partial charge in [0.05, 0.1) is 18.6 Å². The number of ether oxygens (including phenoxy) is 1. The Hall–Kier alpha value is -2.83. The molecule has 0 radical (unpaired) electrons. The fourth-order valence-corrected chi connectivity index (χ4v) is 9.48. The highest BCUT2D eigenvalue weighted by atomic mass is 28.4. The Balaban J connectivity index is 3.85. The smallest absolute Gasteiger partial charge is 0.325 e. The Morgan fingerprint density at radius 2 is 1.22 bits per heavy atom. The molecule has 0 aromatic rings. The maximum absolute atomic E-state index is 14.5. The Morgan fingerprint density at radius 1 is 0.698 bits per heavy atom. The summed E-state index contributed by atoms with van der Waals surface area (Å²) in [6.45, 7) is 31.3. The van der Waals surface area contributed by atoms with E-state index in [4.69, 9.17) is 13.6 Å². The minimum atomic E-state index is -2.50. The van der Waals surface area contributed by atoms with Gasteiger partial charge in [-0.1, -0.05) is 128 Å². The zero-order valence-electron chi connectivity index (χ0n) is 42.6. The van der Waals surface area contributed by atoms with E-state index in [0.29, 0.717) is 19.3 Å². The third-order valence-electron chi connectivity index (χ3n) is 13.4. The number of carbonyl (C=O) groups is 6. The molecule has 0 spiro atoms. The van der Waals surface area contributed by atoms with Crippen LogP contribution in [0, 0.1) is 11.8 Å². The fourth-order valence-electron chi connectivity index (χ4n) is 7.04. The Morgan fingerprint density at radius 3 is 1.75 bits per heavy atom. The van der Waals surface area contributed by atoms with Crippen LogP contribution in [0.4, 0.5) is 0 Å². The van der Waals surface area contributed by atoms with Gasteiger partial charge in [-0.3, -0.25) is 28.8 Å². The van der Waals surface area contributed by atoms with Gasteiger partial charge in [0.25, 0.3) is 0 Å². The molecule has 7 atom stereocenters. The summed E-state index contributed by atoms with van der Waals surface area (Å²) in [6.07, 6.45) is 8.38. The summed E-state index contributed by atoms with van der Waals surface area (Å²) in [5, 5.41) is 10.9. The molecular formula is C47H91N5O9Si2. The molecule has 14 nitrogen and oxygen atoms in total. The van der Waals surface area contributed by atoms with Gasteiger partial charge in [-0.15, -0.1) is 0 Å². The van der Waals surface area contributed by atoms with Gasteiger partial charge in [-0.2, -0.15) is 0 Å². The highest BCUT2D eigenvalue weighted by molar-refractivity contribution is 6.74. The van der Waals surface area contributed by atoms with Crippen molar-refractivity contribution in [1.29, 1.82) is 0 Å². The van der Waals surface area contributed by atoms with E-state index in [2.05, 4.69) is 69.7 Å². The Labute approximate surface area is 384 Å². The third-order valence-corrected chi connectivity index (χ3v) is 22.5. The van der Waals surface area contributed by atoms with Crippen LogP contribution in [-0.4, -0.2) is 114 Å². The SMILES string of the molecule is CCCCCCCCCC[C@H]1OC(=O)CNC(=O)[C@H](C(C)O[Si](C)(C)C(C)(C)C)NC(=O)[C@H](CO[Si](C)(C)C(C)(C)C)NC(=O)[C@H](CCC)NC(=O)[C@H](CC(C)C)N(C)C(=O)[C@@H]1C. The van der Waals surface area contributed by atoms with Crippen molar-refractivity contribution in [3.63, 3.8) is 0 Å². The molecular weight excluding hydrogens is 835 g/mol. The van der Waals surface area contributed by atoms with E-state index in [0.717, 1.165) is 32.1 Å². The Kier molecular flexibility index (Phi) is 24.3. The molecule has 0 aromatic carbocycles. The lowest BCUT2D eigenvalue weighted by Crippen LogP contribution is -2.62. The van der Waals surface area contributed by atoms with Gasteiger partial charge in [-0.25, -0.2) is 0 Å². The number of esters is 1. The number of cyclic esters (lactones) is 1. The predicted octanol–water partition coefficient (Wildman–Crippen LogP) is 7.75. The topological polar surface area (TPSA) is 181 Å². The molecule has 1 aliphatic heterocycles. The van der Waals surface area contributed by atoms with E-state index >= 15 is 0 Å². The van der Waals surface area contributed by atoms with Gasteiger partial charge >= 0.3 is 5.97 Å². The van der Waals surface area contributed by atoms with Gasteiger partial charge in [0.1, 0.15) is 36.8 Å². The summed E-state index contributed by atoms with van der Waals surface area (Å²) in [5.41, 5.74) is 0. The van der Waals surface area contributed by atoms with Crippen LogP contribution in [0.1, 0.15) is 160 Å². The molecule has 63 heavy (non-hydrogen) atoms. The predicted molar refractivity (Wildman–Crippen MR) is 257 cm³/mol. The van der Waals surface area contributed by atoms with Crippen molar-refractivity contribution in [1.82, 2.24) is 26.2 Å². The molecule has 5 amide bonds. The number of unbranched alkanes of at least 4 members (excludes halogenated alkanes) is 7. The maximum Gasteiger partial charge on any atom is 0.325 e. The van der Waals surface area contributed by atoms with E-state index < -0.39 is 95.1 Å². The normalized spacial score (nSPS) is 24.1. The van der Waals surface area contributed by atoms with Crippen LogP contribution in [0.3, 0.4) is 0 Å². The van der Waals surface area contributed by atoms with Gasteiger partial charge < -0.3 is 39.8 Å². The first-order valence-corrected chi connectivity index (χ1v) is 29.8. The van der Waals surface area contributed by atoms with Crippen molar-refractivity contribution >= 4 is 52.1 Å². The molecule has 0 aliphatic carbocycles. The van der Waals surface area contributed by atoms with Crippen LogP contribution in [-0.2, 0) is 42.4 Å². The van der Waals surface area contributed by atoms with E-state index in [9.17, 15) is 28.8 Å². The van der Waals surface area contributed by atoms with E-state index in [-0.39, 0.29) is 34.9 Å². The van der Waals surface area contributed by atoms with Crippen molar-refractivity contribution in [3.8, 4) is 0 Å². The van der Waals surface area contributed by atoms with Crippen LogP contribution >= 0.6 is 0 Å². The number of hydrogen-bond donors (Lipinski definition) is 4. The van der Waals surface area contributed by atoms with Gasteiger partial charge in [0, 0.05) is 7.05 Å². The molecule has 1 heterocycles. The number of carbonyl (C=O) groups excluding carboxylic acids is 6. The average Bonchev–Trinajstić information content (AvgIpc) is 3.17. The van der Waals surface area contributed by atoms with E-state index in [1.807, 2.05) is 47.0 Å². The third kappa shape index (κ3) is 19.3. The largest absolute Gasteiger partial charge is 0.460 e. The van der Waals surface area contributed by atoms with Crippen LogP contribution < -0.4 is 21.3 Å². The quantitative estimate of drug-likeness (QED) is 0.0572. The first-order chi connectivity index (χ1) is 29.0. The fraction of sp³-hybridized carbons (Fsp3) is 0.872. The van der Waals surface area contributed by atoms with Crippen molar-refractivity contribution in [2.75, 3.05) is 20.2 Å². The lowest BCUT2D eigenvalue weighted by Gasteiger charge is -2.40. The van der Waals surface area contributed by atoms with Gasteiger partial charge in [0.2, 0.25) is 29.5 Å². The zero-order chi connectivity index (χ0) is 48.5. The van der Waals surface area contributed by atoms with Crippen LogP contribution in [0.15, 0.2) is 0 Å². The molecule has 1 rings (SSSR count). The summed E-state index contributed by atoms with van der Waals surface area (Å²) in [6, 6.07) is -4.52. The highest BCUT2D eigenvalue weighted by Gasteiger charge is 2.44. The summed E-state index contributed by atoms with van der Waals surface area (Å²) in [5.74, 6) is -4.36. The second-order valence-electron chi connectivity index (χ2n) is 21.4. The van der Waals surface area contributed by atoms with Crippen LogP contribution in [0.5, 0.6) is 0 Å². The summed E-state index contributed by atoms with van der Waals surface area (Å²) in [7, 11) is -3.40. The zero-order valence-corrected chi connectivity index (χ0v) is 44.6. The van der Waals surface area contributed by atoms with Crippen molar-refractivity contribution in [2.45, 2.75) is 233 Å². The minimum absolute atomic E-state index is 0.0115. The molecule has 1 unspecified atom stereocenters. The lowest BCUT2D eigenvalue weighted by molar-refractivity contribution is -0.157. The van der Waals surface area contributed by atoms with Crippen LogP contribution in [0.2, 0.25) is 36.3 Å². The molecule has 4 N–H and O–H groups in total. The van der Waals surface area contributed by atoms with Crippen molar-refractivity contribution in [3.05, 3.63) is 0 Å². The standard InChI is InChI=1S/C47H91N5O9Si2/c1-18-20-21-22-23-24-25-26-28-38-33(5)45(58)52(13)37(29-32(3)4)43(56)49-35(27-19-2)41(54)50-36(31-59-62(14,15)46(7,8)9)42(55)51-40(44(57)48-30-39(53)60-38)34(6)61-63(16,17)47(10,11)12/h32-38,40H,18-31H2,1-17H3,(H,48,57)(H,49,56)(H,50,54)(H,51,55)/t33-,34?,35+,36+,37+,38-,40+/m1/s1. The second kappa shape index (κ2) is 26.4. The second-order valence-corrected chi connectivity index (χ2v) is 31.0. The minimum Gasteiger partial charge on any atom is -0.460 e. The summed E-state index contributed by atoms with van der Waals surface area (Å²) in [4.78, 5) is 86.7. The number of amides is 5. The summed E-state index contributed by atoms with van der Waals surface area (Å²) < 4.78 is 19.2. The maximum atomic E-state index is 14.5. The van der Waals surface area contributed by atoms with E-state index in [1.54, 1.807) is 20.9 Å². The molecule has 0 bridgehead atoms.